The van der Waals surface area contributed by atoms with E-state index in [2.05, 4.69) is 71.2 Å². The zero-order valence-electron chi connectivity index (χ0n) is 15.2. The predicted molar refractivity (Wildman–Crippen MR) is 118 cm³/mol. The summed E-state index contributed by atoms with van der Waals surface area (Å²) < 4.78 is 0. The number of alkyl halides is 1. The van der Waals surface area contributed by atoms with Gasteiger partial charge in [0.25, 0.3) is 0 Å². The summed E-state index contributed by atoms with van der Waals surface area (Å²) in [6.07, 6.45) is 3.04. The summed E-state index contributed by atoms with van der Waals surface area (Å²) in [6.45, 7) is 8.88. The number of thiophene rings is 2. The summed E-state index contributed by atoms with van der Waals surface area (Å²) in [5.74, 6) is 0. The Bertz CT molecular complexity index is 487. The normalized spacial score (nSPS) is 12.8. The van der Waals surface area contributed by atoms with Gasteiger partial charge in [0.05, 0.1) is 0 Å². The molecule has 136 valence electrons. The average Bonchev–Trinajstić information content (AvgIpc) is 3.30. The molecule has 1 N–H and O–H groups in total. The van der Waals surface area contributed by atoms with Crippen LogP contribution in [0.15, 0.2) is 33.7 Å². The van der Waals surface area contributed by atoms with Crippen molar-refractivity contribution in [2.45, 2.75) is 51.7 Å². The molecule has 2 aromatic rings. The van der Waals surface area contributed by atoms with Crippen LogP contribution in [0.3, 0.4) is 0 Å². The summed E-state index contributed by atoms with van der Waals surface area (Å²) in [4.78, 5) is 4.47. The van der Waals surface area contributed by atoms with Crippen LogP contribution in [0, 0.1) is 0 Å². The number of halogens is 1. The molecule has 0 saturated heterocycles. The third-order valence-electron chi connectivity index (χ3n) is 4.23. The topological polar surface area (TPSA) is 23.5 Å². The second-order valence-corrected chi connectivity index (χ2v) is 7.53. The molecule has 0 bridgehead atoms. The molecular formula is C19H30INOS2. The van der Waals surface area contributed by atoms with Gasteiger partial charge in [0, 0.05) is 6.04 Å². The molecule has 0 spiro atoms. The standard InChI is InChI=1S/C18H27NOS2.CH3I/c1-4-8-19(9-5-2)15(3)12-18(20,16-6-10-21-13-16)17-7-11-22-14-17;1-2/h6-7,10-11,13-15,20H,4-5,8-9,12H2,1-3H3;1H3. The molecule has 1 atom stereocenters. The minimum atomic E-state index is -0.876. The van der Waals surface area contributed by atoms with Crippen molar-refractivity contribution in [3.63, 3.8) is 0 Å². The van der Waals surface area contributed by atoms with Gasteiger partial charge in [0.1, 0.15) is 5.60 Å². The molecule has 0 saturated carbocycles. The Morgan fingerprint density at radius 1 is 1.04 bits per heavy atom. The van der Waals surface area contributed by atoms with E-state index in [1.165, 1.54) is 0 Å². The molecule has 0 amide bonds. The molecule has 2 aromatic heterocycles. The molecule has 1 unspecified atom stereocenters. The highest BCUT2D eigenvalue weighted by Crippen LogP contribution is 2.37. The minimum absolute atomic E-state index is 0.352. The Labute approximate surface area is 169 Å². The SMILES string of the molecule is CCCN(CCC)C(C)CC(O)(c1ccsc1)c1ccsc1.CI. The quantitative estimate of drug-likeness (QED) is 0.352. The van der Waals surface area contributed by atoms with Gasteiger partial charge in [-0.2, -0.15) is 22.7 Å². The Morgan fingerprint density at radius 2 is 1.50 bits per heavy atom. The van der Waals surface area contributed by atoms with Crippen LogP contribution >= 0.6 is 45.3 Å². The summed E-state index contributed by atoms with van der Waals surface area (Å²) in [5, 5.41) is 19.7. The van der Waals surface area contributed by atoms with E-state index < -0.39 is 5.60 Å². The van der Waals surface area contributed by atoms with Gasteiger partial charge in [-0.05, 0) is 89.0 Å². The summed E-state index contributed by atoms with van der Waals surface area (Å²) in [5.41, 5.74) is 1.17. The molecule has 2 rings (SSSR count). The Kier molecular flexibility index (Phi) is 10.7. The minimum Gasteiger partial charge on any atom is -0.380 e. The largest absolute Gasteiger partial charge is 0.380 e. The van der Waals surface area contributed by atoms with Crippen molar-refractivity contribution in [3.05, 3.63) is 44.8 Å². The molecule has 0 radical (unpaired) electrons. The lowest BCUT2D eigenvalue weighted by molar-refractivity contribution is 0.0372. The lowest BCUT2D eigenvalue weighted by Gasteiger charge is -2.36. The highest BCUT2D eigenvalue weighted by molar-refractivity contribution is 14.1. The smallest absolute Gasteiger partial charge is 0.118 e. The Balaban J connectivity index is 0.00000139. The lowest BCUT2D eigenvalue weighted by Crippen LogP contribution is -2.41. The van der Waals surface area contributed by atoms with E-state index >= 15 is 0 Å². The third-order valence-corrected chi connectivity index (χ3v) is 5.60. The maximum atomic E-state index is 11.5. The van der Waals surface area contributed by atoms with Crippen LogP contribution < -0.4 is 0 Å². The van der Waals surface area contributed by atoms with Crippen molar-refractivity contribution >= 4 is 45.3 Å². The van der Waals surface area contributed by atoms with E-state index in [-0.39, 0.29) is 0 Å². The molecule has 0 aliphatic rings. The summed E-state index contributed by atoms with van der Waals surface area (Å²) >= 11 is 5.45. The first-order chi connectivity index (χ1) is 11.6. The van der Waals surface area contributed by atoms with E-state index in [4.69, 9.17) is 0 Å². The molecule has 5 heteroatoms. The zero-order chi connectivity index (χ0) is 18.0. The van der Waals surface area contributed by atoms with Crippen molar-refractivity contribution in [2.24, 2.45) is 0 Å². The highest BCUT2D eigenvalue weighted by Gasteiger charge is 2.35. The lowest BCUT2D eigenvalue weighted by atomic mass is 9.84. The van der Waals surface area contributed by atoms with Crippen LogP contribution in [0.5, 0.6) is 0 Å². The fraction of sp³-hybridized carbons (Fsp3) is 0.579. The second kappa shape index (κ2) is 11.6. The van der Waals surface area contributed by atoms with Gasteiger partial charge in [-0.15, -0.1) is 0 Å². The maximum absolute atomic E-state index is 11.5. The molecule has 0 aliphatic heterocycles. The van der Waals surface area contributed by atoms with Gasteiger partial charge in [0.2, 0.25) is 0 Å². The van der Waals surface area contributed by atoms with Crippen LogP contribution in [-0.2, 0) is 5.60 Å². The molecular weight excluding hydrogens is 449 g/mol. The Morgan fingerprint density at radius 3 is 1.83 bits per heavy atom. The summed E-state index contributed by atoms with van der Waals surface area (Å²) in [7, 11) is 0. The first-order valence-electron chi connectivity index (χ1n) is 8.51. The number of hydrogen-bond acceptors (Lipinski definition) is 4. The fourth-order valence-corrected chi connectivity index (χ4v) is 4.53. The molecule has 2 heterocycles. The first-order valence-corrected chi connectivity index (χ1v) is 12.6. The first kappa shape index (κ1) is 22.1. The van der Waals surface area contributed by atoms with Gasteiger partial charge >= 0.3 is 0 Å². The highest BCUT2D eigenvalue weighted by atomic mass is 127. The van der Waals surface area contributed by atoms with Gasteiger partial charge in [-0.1, -0.05) is 36.4 Å². The van der Waals surface area contributed by atoms with Gasteiger partial charge in [-0.3, -0.25) is 0 Å². The van der Waals surface area contributed by atoms with E-state index in [1.54, 1.807) is 22.7 Å². The van der Waals surface area contributed by atoms with Crippen molar-refractivity contribution < 1.29 is 5.11 Å². The Hall–Kier alpha value is 0.0500. The fourth-order valence-electron chi connectivity index (χ4n) is 3.09. The molecule has 0 aliphatic carbocycles. The maximum Gasteiger partial charge on any atom is 0.118 e. The molecule has 0 aromatic carbocycles. The van der Waals surface area contributed by atoms with E-state index in [1.807, 2.05) is 15.7 Å². The number of rotatable bonds is 9. The van der Waals surface area contributed by atoms with Gasteiger partial charge < -0.3 is 10.0 Å². The van der Waals surface area contributed by atoms with Crippen molar-refractivity contribution in [1.82, 2.24) is 4.90 Å². The second-order valence-electron chi connectivity index (χ2n) is 5.97. The number of nitrogens with zero attached hydrogens (tertiary/aromatic N) is 1. The van der Waals surface area contributed by atoms with Gasteiger partial charge in [0.15, 0.2) is 0 Å². The average molecular weight is 479 g/mol. The zero-order valence-corrected chi connectivity index (χ0v) is 19.0. The van der Waals surface area contributed by atoms with E-state index in [0.29, 0.717) is 6.04 Å². The van der Waals surface area contributed by atoms with Crippen molar-refractivity contribution in [3.8, 4) is 0 Å². The molecule has 24 heavy (non-hydrogen) atoms. The predicted octanol–water partition coefficient (Wildman–Crippen LogP) is 6.00. The molecule has 2 nitrogen and oxygen atoms in total. The van der Waals surface area contributed by atoms with Crippen LogP contribution in [0.25, 0.3) is 0 Å². The third kappa shape index (κ3) is 5.80. The van der Waals surface area contributed by atoms with Crippen molar-refractivity contribution in [2.75, 3.05) is 18.0 Å². The van der Waals surface area contributed by atoms with E-state index in [0.717, 1.165) is 43.5 Å². The van der Waals surface area contributed by atoms with Gasteiger partial charge in [-0.25, -0.2) is 0 Å². The number of hydrogen-bond donors (Lipinski definition) is 1. The number of aliphatic hydroxyl groups is 1. The van der Waals surface area contributed by atoms with Crippen LogP contribution in [0.2, 0.25) is 0 Å². The summed E-state index contributed by atoms with van der Waals surface area (Å²) in [6, 6.07) is 4.46. The van der Waals surface area contributed by atoms with Crippen molar-refractivity contribution in [1.29, 1.82) is 0 Å². The van der Waals surface area contributed by atoms with E-state index in [9.17, 15) is 5.11 Å². The van der Waals surface area contributed by atoms with Crippen LogP contribution in [0.4, 0.5) is 0 Å². The monoisotopic (exact) mass is 479 g/mol. The molecule has 0 fully saturated rings. The van der Waals surface area contributed by atoms with Crippen LogP contribution in [-0.4, -0.2) is 34.1 Å². The van der Waals surface area contributed by atoms with Crippen LogP contribution in [0.1, 0.15) is 51.2 Å².